The molecule has 1 saturated carbocycles. The van der Waals surface area contributed by atoms with Crippen molar-refractivity contribution >= 4 is 15.7 Å². The van der Waals surface area contributed by atoms with E-state index in [0.717, 1.165) is 23.5 Å². The number of rotatable bonds is 3. The van der Waals surface area contributed by atoms with Gasteiger partial charge >= 0.3 is 0 Å². The normalized spacial score (nSPS) is 21.9. The highest BCUT2D eigenvalue weighted by Crippen LogP contribution is 2.52. The van der Waals surface area contributed by atoms with Crippen molar-refractivity contribution in [1.29, 1.82) is 0 Å². The molecule has 0 aromatic heterocycles. The van der Waals surface area contributed by atoms with E-state index in [-0.39, 0.29) is 0 Å². The first kappa shape index (κ1) is 16.4. The highest BCUT2D eigenvalue weighted by Gasteiger charge is 2.54. The lowest BCUT2D eigenvalue weighted by Crippen LogP contribution is -2.29. The van der Waals surface area contributed by atoms with Crippen LogP contribution in [0.2, 0.25) is 0 Å². The Morgan fingerprint density at radius 2 is 1.88 bits per heavy atom. The molecule has 1 aromatic carbocycles. The SMILES string of the molecule is CC1=CC=C2C(=C(C)CN2C)N1c1cccc(C2(S(N)(=O)=O)CC2)c1. The molecule has 0 amide bonds. The zero-order valence-corrected chi connectivity index (χ0v) is 15.6. The third-order valence-electron chi connectivity index (χ3n) is 5.47. The summed E-state index contributed by atoms with van der Waals surface area (Å²) in [6.07, 6.45) is 5.45. The van der Waals surface area contributed by atoms with Gasteiger partial charge in [0, 0.05) is 25.0 Å². The number of hydrogen-bond acceptors (Lipinski definition) is 4. The molecule has 0 saturated heterocycles. The summed E-state index contributed by atoms with van der Waals surface area (Å²) in [6.45, 7) is 5.12. The zero-order chi connectivity index (χ0) is 18.0. The topological polar surface area (TPSA) is 66.6 Å². The number of fused-ring (bicyclic) bond motifs is 1. The van der Waals surface area contributed by atoms with Gasteiger partial charge in [-0.25, -0.2) is 13.6 Å². The molecule has 25 heavy (non-hydrogen) atoms. The summed E-state index contributed by atoms with van der Waals surface area (Å²) in [5.41, 5.74) is 6.59. The predicted octanol–water partition coefficient (Wildman–Crippen LogP) is 2.79. The highest BCUT2D eigenvalue weighted by molar-refractivity contribution is 7.90. The van der Waals surface area contributed by atoms with Crippen molar-refractivity contribution in [2.45, 2.75) is 31.4 Å². The van der Waals surface area contributed by atoms with Crippen LogP contribution in [-0.2, 0) is 14.8 Å². The van der Waals surface area contributed by atoms with Crippen LogP contribution < -0.4 is 10.0 Å². The van der Waals surface area contributed by atoms with Crippen molar-refractivity contribution in [2.75, 3.05) is 18.5 Å². The Balaban J connectivity index is 1.81. The molecule has 0 radical (unpaired) electrons. The van der Waals surface area contributed by atoms with Gasteiger partial charge in [-0.05, 0) is 62.1 Å². The van der Waals surface area contributed by atoms with Crippen LogP contribution in [0.5, 0.6) is 0 Å². The molecular weight excluding hydrogens is 334 g/mol. The van der Waals surface area contributed by atoms with E-state index >= 15 is 0 Å². The predicted molar refractivity (Wildman–Crippen MR) is 100 cm³/mol. The van der Waals surface area contributed by atoms with Gasteiger partial charge in [-0.15, -0.1) is 0 Å². The molecule has 0 spiro atoms. The number of anilines is 1. The number of allylic oxidation sites excluding steroid dienone is 3. The number of nitrogens with zero attached hydrogens (tertiary/aromatic N) is 2. The molecule has 2 N–H and O–H groups in total. The van der Waals surface area contributed by atoms with E-state index in [2.05, 4.69) is 42.8 Å². The van der Waals surface area contributed by atoms with Gasteiger partial charge in [0.1, 0.15) is 4.75 Å². The van der Waals surface area contributed by atoms with Gasteiger partial charge in [0.2, 0.25) is 10.0 Å². The second-order valence-electron chi connectivity index (χ2n) is 7.27. The number of benzene rings is 1. The van der Waals surface area contributed by atoms with Crippen LogP contribution in [0.4, 0.5) is 5.69 Å². The van der Waals surface area contributed by atoms with E-state index < -0.39 is 14.8 Å². The summed E-state index contributed by atoms with van der Waals surface area (Å²) in [4.78, 5) is 4.45. The van der Waals surface area contributed by atoms with E-state index in [1.807, 2.05) is 24.3 Å². The number of sulfonamides is 1. The van der Waals surface area contributed by atoms with Gasteiger partial charge in [-0.1, -0.05) is 12.1 Å². The Morgan fingerprint density at radius 1 is 1.16 bits per heavy atom. The van der Waals surface area contributed by atoms with Crippen LogP contribution >= 0.6 is 0 Å². The molecule has 2 aliphatic heterocycles. The van der Waals surface area contributed by atoms with Crippen LogP contribution in [0, 0.1) is 0 Å². The van der Waals surface area contributed by atoms with Crippen LogP contribution in [0.3, 0.4) is 0 Å². The highest BCUT2D eigenvalue weighted by atomic mass is 32.2. The van der Waals surface area contributed by atoms with Gasteiger partial charge in [0.25, 0.3) is 0 Å². The molecule has 1 aliphatic carbocycles. The minimum Gasteiger partial charge on any atom is -0.369 e. The summed E-state index contributed by atoms with van der Waals surface area (Å²) >= 11 is 0. The molecule has 0 bridgehead atoms. The maximum absolute atomic E-state index is 12.1. The van der Waals surface area contributed by atoms with Gasteiger partial charge in [-0.2, -0.15) is 0 Å². The standard InChI is InChI=1S/C19H23N3O2S/c1-13-12-21(3)17-8-7-14(2)22(18(13)17)16-6-4-5-15(11-16)19(9-10-19)25(20,23)24/h4-8,11H,9-10,12H2,1-3H3,(H2,20,23,24). The van der Waals surface area contributed by atoms with Gasteiger partial charge in [0.05, 0.1) is 11.4 Å². The zero-order valence-electron chi connectivity index (χ0n) is 14.8. The van der Waals surface area contributed by atoms with Crippen LogP contribution in [-0.4, -0.2) is 26.9 Å². The van der Waals surface area contributed by atoms with Crippen molar-refractivity contribution in [1.82, 2.24) is 4.90 Å². The molecule has 0 atom stereocenters. The van der Waals surface area contributed by atoms with E-state index in [4.69, 9.17) is 5.14 Å². The fourth-order valence-electron chi connectivity index (χ4n) is 3.99. The average molecular weight is 357 g/mol. The Kier molecular flexibility index (Phi) is 3.43. The Labute approximate surface area is 149 Å². The second kappa shape index (κ2) is 5.22. The monoisotopic (exact) mass is 357 g/mol. The van der Waals surface area contributed by atoms with Crippen molar-refractivity contribution in [3.8, 4) is 0 Å². The number of primary sulfonamides is 1. The third-order valence-corrected chi connectivity index (χ3v) is 7.20. The van der Waals surface area contributed by atoms with Crippen LogP contribution in [0.15, 0.2) is 59.1 Å². The molecule has 2 heterocycles. The first-order valence-corrected chi connectivity index (χ1v) is 10.0. The van der Waals surface area contributed by atoms with E-state index in [1.165, 1.54) is 17.0 Å². The van der Waals surface area contributed by atoms with E-state index in [9.17, 15) is 8.42 Å². The lowest BCUT2D eigenvalue weighted by molar-refractivity contribution is 0.488. The van der Waals surface area contributed by atoms with Crippen molar-refractivity contribution in [3.63, 3.8) is 0 Å². The first-order valence-electron chi connectivity index (χ1n) is 8.47. The first-order chi connectivity index (χ1) is 11.7. The minimum absolute atomic E-state index is 0.597. The quantitative estimate of drug-likeness (QED) is 0.903. The second-order valence-corrected chi connectivity index (χ2v) is 9.14. The molecular formula is C19H23N3O2S. The van der Waals surface area contributed by atoms with Gasteiger partial charge < -0.3 is 9.80 Å². The molecule has 3 aliphatic rings. The molecule has 5 nitrogen and oxygen atoms in total. The molecule has 1 aromatic rings. The Bertz CT molecular complexity index is 953. The maximum atomic E-state index is 12.1. The van der Waals surface area contributed by atoms with Crippen LogP contribution in [0.1, 0.15) is 32.3 Å². The summed E-state index contributed by atoms with van der Waals surface area (Å²) in [7, 11) is -1.52. The summed E-state index contributed by atoms with van der Waals surface area (Å²) in [6, 6.07) is 7.82. The maximum Gasteiger partial charge on any atom is 0.219 e. The van der Waals surface area contributed by atoms with Crippen molar-refractivity contribution in [3.05, 3.63) is 64.6 Å². The van der Waals surface area contributed by atoms with Gasteiger partial charge in [-0.3, -0.25) is 0 Å². The van der Waals surface area contributed by atoms with Gasteiger partial charge in [0.15, 0.2) is 0 Å². The minimum atomic E-state index is -3.61. The molecule has 132 valence electrons. The lowest BCUT2D eigenvalue weighted by atomic mass is 10.1. The number of nitrogens with two attached hydrogens (primary N) is 1. The van der Waals surface area contributed by atoms with E-state index in [0.29, 0.717) is 12.8 Å². The Hall–Kier alpha value is -2.05. The van der Waals surface area contributed by atoms with Crippen molar-refractivity contribution in [2.24, 2.45) is 5.14 Å². The Morgan fingerprint density at radius 3 is 2.52 bits per heavy atom. The fourth-order valence-corrected chi connectivity index (χ4v) is 5.12. The molecule has 4 rings (SSSR count). The van der Waals surface area contributed by atoms with E-state index in [1.54, 1.807) is 0 Å². The largest absolute Gasteiger partial charge is 0.369 e. The smallest absolute Gasteiger partial charge is 0.219 e. The summed E-state index contributed by atoms with van der Waals surface area (Å²) < 4.78 is 23.2. The molecule has 0 unspecified atom stereocenters. The summed E-state index contributed by atoms with van der Waals surface area (Å²) in [5, 5.41) is 5.51. The molecule has 6 heteroatoms. The number of likely N-dealkylation sites (N-methyl/N-ethyl adjacent to an activating group) is 1. The average Bonchev–Trinajstić information content (AvgIpc) is 3.31. The lowest BCUT2D eigenvalue weighted by Gasteiger charge is -2.32. The summed E-state index contributed by atoms with van der Waals surface area (Å²) in [5.74, 6) is 0. The number of hydrogen-bond donors (Lipinski definition) is 1. The fraction of sp³-hybridized carbons (Fsp3) is 0.368. The van der Waals surface area contributed by atoms with Crippen LogP contribution in [0.25, 0.3) is 0 Å². The van der Waals surface area contributed by atoms with Crippen molar-refractivity contribution < 1.29 is 8.42 Å². The molecule has 1 fully saturated rings. The third kappa shape index (κ3) is 2.35.